The van der Waals surface area contributed by atoms with Crippen LogP contribution in [0.1, 0.15) is 11.1 Å². The van der Waals surface area contributed by atoms with Gasteiger partial charge in [0.1, 0.15) is 11.5 Å². The first-order valence-electron chi connectivity index (χ1n) is 9.02. The number of alkyl halides is 4. The summed E-state index contributed by atoms with van der Waals surface area (Å²) in [5.74, 6) is -1.23. The first-order chi connectivity index (χ1) is 14.8. The Kier molecular flexibility index (Phi) is 9.34. The van der Waals surface area contributed by atoms with Gasteiger partial charge < -0.3 is 19.5 Å². The van der Waals surface area contributed by atoms with Crippen LogP contribution in [0.3, 0.4) is 0 Å². The summed E-state index contributed by atoms with van der Waals surface area (Å²) in [5.41, 5.74) is 1.35. The lowest BCUT2D eigenvalue weighted by Gasteiger charge is -2.07. The molecule has 0 spiro atoms. The minimum absolute atomic E-state index is 0.0103. The molecule has 0 fully saturated rings. The maximum absolute atomic E-state index is 12.1. The van der Waals surface area contributed by atoms with Gasteiger partial charge in [0.15, 0.2) is 6.61 Å². The fourth-order valence-corrected chi connectivity index (χ4v) is 2.34. The lowest BCUT2D eigenvalue weighted by Crippen LogP contribution is -2.30. The van der Waals surface area contributed by atoms with E-state index in [4.69, 9.17) is 4.74 Å². The summed E-state index contributed by atoms with van der Waals surface area (Å²) in [7, 11) is 0. The van der Waals surface area contributed by atoms with E-state index in [2.05, 4.69) is 14.8 Å². The number of ether oxygens (including phenoxy) is 3. The minimum atomic E-state index is -2.92. The molecule has 0 bridgehead atoms. The Morgan fingerprint density at radius 1 is 0.871 bits per heavy atom. The van der Waals surface area contributed by atoms with Crippen molar-refractivity contribution >= 4 is 18.0 Å². The minimum Gasteiger partial charge on any atom is -0.452 e. The second-order valence-electron chi connectivity index (χ2n) is 6.01. The van der Waals surface area contributed by atoms with Gasteiger partial charge in [-0.2, -0.15) is 17.6 Å². The van der Waals surface area contributed by atoms with E-state index in [0.29, 0.717) is 12.0 Å². The van der Waals surface area contributed by atoms with Gasteiger partial charge in [-0.05, 0) is 47.9 Å². The molecule has 10 heteroatoms. The number of amides is 1. The number of rotatable bonds is 11. The first kappa shape index (κ1) is 23.7. The SMILES string of the molecule is O=C(COC(=O)/C=C/c1ccc(OC(F)F)cc1)NCCc1ccc(OC(F)F)cc1. The van der Waals surface area contributed by atoms with Crippen LogP contribution in [0, 0.1) is 0 Å². The summed E-state index contributed by atoms with van der Waals surface area (Å²) < 4.78 is 61.6. The number of benzene rings is 2. The third-order valence-electron chi connectivity index (χ3n) is 3.75. The Balaban J connectivity index is 1.66. The highest BCUT2D eigenvalue weighted by atomic mass is 19.3. The van der Waals surface area contributed by atoms with E-state index < -0.39 is 31.7 Å². The van der Waals surface area contributed by atoms with Gasteiger partial charge in [0.2, 0.25) is 0 Å². The number of hydrogen-bond acceptors (Lipinski definition) is 5. The summed E-state index contributed by atoms with van der Waals surface area (Å²) in [6.07, 6.45) is 2.94. The highest BCUT2D eigenvalue weighted by molar-refractivity contribution is 5.89. The fraction of sp³-hybridized carbons (Fsp3) is 0.238. The van der Waals surface area contributed by atoms with Crippen LogP contribution in [-0.2, 0) is 20.7 Å². The van der Waals surface area contributed by atoms with Crippen LogP contribution in [0.2, 0.25) is 0 Å². The molecule has 0 radical (unpaired) electrons. The largest absolute Gasteiger partial charge is 0.452 e. The Labute approximate surface area is 175 Å². The van der Waals surface area contributed by atoms with Gasteiger partial charge in [0.25, 0.3) is 5.91 Å². The van der Waals surface area contributed by atoms with Crippen LogP contribution in [0.25, 0.3) is 6.08 Å². The molecule has 31 heavy (non-hydrogen) atoms. The van der Waals surface area contributed by atoms with Crippen LogP contribution < -0.4 is 14.8 Å². The third-order valence-corrected chi connectivity index (χ3v) is 3.75. The number of esters is 1. The average Bonchev–Trinajstić information content (AvgIpc) is 2.72. The summed E-state index contributed by atoms with van der Waals surface area (Å²) in [4.78, 5) is 23.4. The van der Waals surface area contributed by atoms with Gasteiger partial charge in [-0.25, -0.2) is 4.79 Å². The first-order valence-corrected chi connectivity index (χ1v) is 9.02. The zero-order chi connectivity index (χ0) is 22.6. The van der Waals surface area contributed by atoms with Crippen molar-refractivity contribution in [1.29, 1.82) is 0 Å². The smallest absolute Gasteiger partial charge is 0.387 e. The van der Waals surface area contributed by atoms with Crippen LogP contribution >= 0.6 is 0 Å². The second-order valence-corrected chi connectivity index (χ2v) is 6.01. The maximum Gasteiger partial charge on any atom is 0.387 e. The molecule has 2 aromatic carbocycles. The summed E-state index contributed by atoms with van der Waals surface area (Å²) in [5, 5.41) is 2.56. The molecular weight excluding hydrogens is 422 g/mol. The average molecular weight is 441 g/mol. The molecule has 0 aliphatic rings. The van der Waals surface area contributed by atoms with E-state index in [1.165, 1.54) is 42.5 Å². The fourth-order valence-electron chi connectivity index (χ4n) is 2.34. The molecule has 2 rings (SSSR count). The van der Waals surface area contributed by atoms with Gasteiger partial charge in [0, 0.05) is 12.6 Å². The van der Waals surface area contributed by atoms with Crippen molar-refractivity contribution in [2.45, 2.75) is 19.6 Å². The normalized spacial score (nSPS) is 11.0. The zero-order valence-corrected chi connectivity index (χ0v) is 16.1. The molecule has 0 heterocycles. The quantitative estimate of drug-likeness (QED) is 0.326. The van der Waals surface area contributed by atoms with E-state index >= 15 is 0 Å². The molecule has 0 unspecified atom stereocenters. The predicted molar refractivity (Wildman–Crippen MR) is 103 cm³/mol. The molecule has 0 aliphatic carbocycles. The lowest BCUT2D eigenvalue weighted by molar-refractivity contribution is -0.143. The molecule has 0 aromatic heterocycles. The summed E-state index contributed by atoms with van der Waals surface area (Å²) in [6.45, 7) is -6.04. The van der Waals surface area contributed by atoms with Crippen molar-refractivity contribution in [2.75, 3.05) is 13.2 Å². The van der Waals surface area contributed by atoms with Crippen LogP contribution in [0.4, 0.5) is 17.6 Å². The molecule has 0 aliphatic heterocycles. The second kappa shape index (κ2) is 12.2. The zero-order valence-electron chi connectivity index (χ0n) is 16.1. The number of nitrogens with one attached hydrogen (secondary N) is 1. The lowest BCUT2D eigenvalue weighted by atomic mass is 10.1. The Bertz CT molecular complexity index is 870. The van der Waals surface area contributed by atoms with Crippen LogP contribution in [0.5, 0.6) is 11.5 Å². The Morgan fingerprint density at radius 3 is 1.97 bits per heavy atom. The predicted octanol–water partition coefficient (Wildman–Crippen LogP) is 3.80. The molecule has 0 atom stereocenters. The number of hydrogen-bond donors (Lipinski definition) is 1. The highest BCUT2D eigenvalue weighted by Gasteiger charge is 2.07. The van der Waals surface area contributed by atoms with Crippen LogP contribution in [0.15, 0.2) is 54.6 Å². The molecule has 1 N–H and O–H groups in total. The van der Waals surface area contributed by atoms with Gasteiger partial charge in [0.05, 0.1) is 0 Å². The summed E-state index contributed by atoms with van der Waals surface area (Å²) >= 11 is 0. The van der Waals surface area contributed by atoms with Crippen molar-refractivity contribution in [2.24, 2.45) is 0 Å². The molecule has 166 valence electrons. The van der Waals surface area contributed by atoms with Crippen molar-refractivity contribution < 1.29 is 41.4 Å². The van der Waals surface area contributed by atoms with Gasteiger partial charge in [-0.3, -0.25) is 4.79 Å². The summed E-state index contributed by atoms with van der Waals surface area (Å²) in [6, 6.07) is 11.6. The van der Waals surface area contributed by atoms with Crippen molar-refractivity contribution in [3.8, 4) is 11.5 Å². The van der Waals surface area contributed by atoms with E-state index in [1.807, 2.05) is 0 Å². The van der Waals surface area contributed by atoms with Crippen LogP contribution in [-0.4, -0.2) is 38.3 Å². The van der Waals surface area contributed by atoms with Crippen molar-refractivity contribution in [3.05, 3.63) is 65.7 Å². The van der Waals surface area contributed by atoms with Crippen molar-refractivity contribution in [1.82, 2.24) is 5.32 Å². The highest BCUT2D eigenvalue weighted by Crippen LogP contribution is 2.16. The van der Waals surface area contributed by atoms with E-state index in [1.54, 1.807) is 12.1 Å². The van der Waals surface area contributed by atoms with E-state index in [-0.39, 0.29) is 18.0 Å². The maximum atomic E-state index is 12.1. The number of carbonyl (C=O) groups is 2. The number of halogens is 4. The van der Waals surface area contributed by atoms with E-state index in [9.17, 15) is 27.2 Å². The van der Waals surface area contributed by atoms with Gasteiger partial charge >= 0.3 is 19.2 Å². The molecular formula is C21H19F4NO5. The molecule has 1 amide bonds. The third kappa shape index (κ3) is 9.66. The monoisotopic (exact) mass is 441 g/mol. The standard InChI is InChI=1S/C21H19F4NO5/c22-20(23)30-16-6-1-14(2-7-16)5-10-19(28)29-13-18(27)26-12-11-15-3-8-17(9-4-15)31-21(24)25/h1-10,20-21H,11-13H2,(H,26,27)/b10-5+. The molecule has 0 saturated heterocycles. The van der Waals surface area contributed by atoms with Gasteiger partial charge in [-0.15, -0.1) is 0 Å². The Morgan fingerprint density at radius 2 is 1.42 bits per heavy atom. The van der Waals surface area contributed by atoms with Crippen molar-refractivity contribution in [3.63, 3.8) is 0 Å². The molecule has 6 nitrogen and oxygen atoms in total. The molecule has 0 saturated carbocycles. The molecule has 2 aromatic rings. The van der Waals surface area contributed by atoms with E-state index in [0.717, 1.165) is 11.6 Å². The topological polar surface area (TPSA) is 73.9 Å². The van der Waals surface area contributed by atoms with Gasteiger partial charge in [-0.1, -0.05) is 24.3 Å². The Hall–Kier alpha value is -3.56. The number of carbonyl (C=O) groups excluding carboxylic acids is 2.